The maximum Gasteiger partial charge on any atom is 0.327 e. The molecule has 0 aliphatic rings. The normalized spacial score (nSPS) is 11.2. The van der Waals surface area contributed by atoms with Crippen molar-refractivity contribution in [2.24, 2.45) is 0 Å². The second-order valence-electron chi connectivity index (χ2n) is 2.68. The van der Waals surface area contributed by atoms with Gasteiger partial charge >= 0.3 is 7.60 Å². The zero-order chi connectivity index (χ0) is 9.73. The van der Waals surface area contributed by atoms with Gasteiger partial charge in [-0.15, -0.1) is 0 Å². The van der Waals surface area contributed by atoms with E-state index in [-0.39, 0.29) is 12.7 Å². The van der Waals surface area contributed by atoms with Gasteiger partial charge in [0.25, 0.3) is 0 Å². The van der Waals surface area contributed by atoms with Gasteiger partial charge in [0, 0.05) is 12.2 Å². The van der Waals surface area contributed by atoms with Crippen LogP contribution in [0.15, 0.2) is 30.3 Å². The van der Waals surface area contributed by atoms with E-state index in [1.54, 1.807) is 0 Å². The van der Waals surface area contributed by atoms with E-state index >= 15 is 0 Å². The zero-order valence-electron chi connectivity index (χ0n) is 7.05. The van der Waals surface area contributed by atoms with Crippen molar-refractivity contribution in [3.63, 3.8) is 0 Å². The van der Waals surface area contributed by atoms with E-state index in [4.69, 9.17) is 9.79 Å². The van der Waals surface area contributed by atoms with Crippen molar-refractivity contribution in [3.8, 4) is 0 Å². The summed E-state index contributed by atoms with van der Waals surface area (Å²) in [6.45, 7) is 0.286. The maximum absolute atomic E-state index is 10.5. The van der Waals surface area contributed by atoms with Gasteiger partial charge in [0.05, 0.1) is 6.16 Å². The molecule has 13 heavy (non-hydrogen) atoms. The van der Waals surface area contributed by atoms with Crippen molar-refractivity contribution >= 4 is 13.3 Å². The molecule has 0 unspecified atom stereocenters. The van der Waals surface area contributed by atoms with Gasteiger partial charge in [0.15, 0.2) is 0 Å². The Morgan fingerprint density at radius 3 is 2.38 bits per heavy atom. The first kappa shape index (κ1) is 10.3. The van der Waals surface area contributed by atoms with Gasteiger partial charge in [-0.3, -0.25) is 4.57 Å². The maximum atomic E-state index is 10.5. The summed E-state index contributed by atoms with van der Waals surface area (Å²) in [4.78, 5) is 17.1. The van der Waals surface area contributed by atoms with Crippen molar-refractivity contribution in [2.75, 3.05) is 18.0 Å². The average Bonchev–Trinajstić information content (AvgIpc) is 2.04. The van der Waals surface area contributed by atoms with E-state index in [0.717, 1.165) is 5.69 Å². The molecule has 0 aliphatic heterocycles. The summed E-state index contributed by atoms with van der Waals surface area (Å²) in [6.07, 6.45) is -0.137. The molecule has 0 aromatic heterocycles. The van der Waals surface area contributed by atoms with E-state index < -0.39 is 7.60 Å². The standard InChI is InChI=1S/C8H12NO3P/c10-13(11,12)7-6-9-8-4-2-1-3-5-8/h1-5,9H,6-7H2,(H2,10,11,12). The summed E-state index contributed by atoms with van der Waals surface area (Å²) < 4.78 is 10.5. The number of anilines is 1. The lowest BCUT2D eigenvalue weighted by Gasteiger charge is -2.06. The Kier molecular flexibility index (Phi) is 3.48. The summed E-state index contributed by atoms with van der Waals surface area (Å²) in [5.41, 5.74) is 0.871. The molecule has 0 atom stereocenters. The largest absolute Gasteiger partial charge is 0.384 e. The molecule has 1 aromatic rings. The van der Waals surface area contributed by atoms with Crippen LogP contribution in [0.3, 0.4) is 0 Å². The Balaban J connectivity index is 2.33. The summed E-state index contributed by atoms with van der Waals surface area (Å²) in [7, 11) is -3.87. The third kappa shape index (κ3) is 4.68. The molecule has 1 aromatic carbocycles. The van der Waals surface area contributed by atoms with Gasteiger partial charge in [0.1, 0.15) is 0 Å². The fourth-order valence-electron chi connectivity index (χ4n) is 0.902. The molecule has 1 rings (SSSR count). The van der Waals surface area contributed by atoms with Gasteiger partial charge in [-0.25, -0.2) is 0 Å². The third-order valence-corrected chi connectivity index (χ3v) is 2.31. The molecule has 0 aliphatic carbocycles. The number of rotatable bonds is 4. The second-order valence-corrected chi connectivity index (χ2v) is 4.46. The topological polar surface area (TPSA) is 69.6 Å². The number of para-hydroxylation sites is 1. The number of nitrogens with one attached hydrogen (secondary N) is 1. The molecular weight excluding hydrogens is 189 g/mol. The summed E-state index contributed by atoms with van der Waals surface area (Å²) in [5.74, 6) is 0. The Morgan fingerprint density at radius 1 is 1.23 bits per heavy atom. The van der Waals surface area contributed by atoms with Gasteiger partial charge in [-0.05, 0) is 12.1 Å². The van der Waals surface area contributed by atoms with E-state index in [2.05, 4.69) is 5.32 Å². The lowest BCUT2D eigenvalue weighted by molar-refractivity contribution is 0.374. The van der Waals surface area contributed by atoms with Crippen LogP contribution in [0, 0.1) is 0 Å². The highest BCUT2D eigenvalue weighted by atomic mass is 31.2. The molecule has 0 spiro atoms. The van der Waals surface area contributed by atoms with Crippen LogP contribution in [0.1, 0.15) is 0 Å². The number of hydrogen-bond acceptors (Lipinski definition) is 2. The van der Waals surface area contributed by atoms with Crippen LogP contribution in [0.5, 0.6) is 0 Å². The quantitative estimate of drug-likeness (QED) is 0.642. The Hall–Kier alpha value is -0.830. The molecule has 0 heterocycles. The van der Waals surface area contributed by atoms with Crippen LogP contribution >= 0.6 is 7.60 Å². The highest BCUT2D eigenvalue weighted by molar-refractivity contribution is 7.51. The molecule has 4 nitrogen and oxygen atoms in total. The summed E-state index contributed by atoms with van der Waals surface area (Å²) in [6, 6.07) is 9.30. The summed E-state index contributed by atoms with van der Waals surface area (Å²) in [5, 5.41) is 2.91. The van der Waals surface area contributed by atoms with Gasteiger partial charge in [-0.1, -0.05) is 18.2 Å². The number of hydrogen-bond donors (Lipinski definition) is 3. The molecule has 5 heteroatoms. The predicted octanol–water partition coefficient (Wildman–Crippen LogP) is 1.28. The van der Waals surface area contributed by atoms with E-state index in [1.807, 2.05) is 30.3 Å². The van der Waals surface area contributed by atoms with Gasteiger partial charge in [-0.2, -0.15) is 0 Å². The highest BCUT2D eigenvalue weighted by Gasteiger charge is 2.10. The lowest BCUT2D eigenvalue weighted by atomic mass is 10.3. The van der Waals surface area contributed by atoms with Crippen molar-refractivity contribution in [1.82, 2.24) is 0 Å². The number of benzene rings is 1. The molecule has 0 radical (unpaired) electrons. The Bertz CT molecular complexity index is 296. The molecule has 0 amide bonds. The minimum Gasteiger partial charge on any atom is -0.384 e. The van der Waals surface area contributed by atoms with Crippen molar-refractivity contribution in [2.45, 2.75) is 0 Å². The second kappa shape index (κ2) is 4.42. The fraction of sp³-hybridized carbons (Fsp3) is 0.250. The first-order chi connectivity index (χ1) is 6.08. The molecule has 72 valence electrons. The van der Waals surface area contributed by atoms with E-state index in [9.17, 15) is 4.57 Å². The monoisotopic (exact) mass is 201 g/mol. The van der Waals surface area contributed by atoms with Gasteiger partial charge < -0.3 is 15.1 Å². The molecule has 0 saturated heterocycles. The lowest BCUT2D eigenvalue weighted by Crippen LogP contribution is -2.06. The van der Waals surface area contributed by atoms with Crippen LogP contribution in [0.25, 0.3) is 0 Å². The summed E-state index contributed by atoms with van der Waals surface area (Å²) >= 11 is 0. The highest BCUT2D eigenvalue weighted by Crippen LogP contribution is 2.33. The van der Waals surface area contributed by atoms with Crippen molar-refractivity contribution in [3.05, 3.63) is 30.3 Å². The minimum atomic E-state index is -3.87. The van der Waals surface area contributed by atoms with Crippen LogP contribution in [-0.2, 0) is 4.57 Å². The van der Waals surface area contributed by atoms with E-state index in [0.29, 0.717) is 0 Å². The first-order valence-electron chi connectivity index (χ1n) is 3.91. The fourth-order valence-corrected chi connectivity index (χ4v) is 1.30. The van der Waals surface area contributed by atoms with Crippen molar-refractivity contribution in [1.29, 1.82) is 0 Å². The molecule has 0 fully saturated rings. The predicted molar refractivity (Wildman–Crippen MR) is 51.8 cm³/mol. The third-order valence-electron chi connectivity index (χ3n) is 1.51. The molecule has 3 N–H and O–H groups in total. The average molecular weight is 201 g/mol. The SMILES string of the molecule is O=P(O)(O)CCNc1ccccc1. The molecule has 0 saturated carbocycles. The van der Waals surface area contributed by atoms with Crippen molar-refractivity contribution < 1.29 is 14.4 Å². The molecule has 0 bridgehead atoms. The van der Waals surface area contributed by atoms with E-state index in [1.165, 1.54) is 0 Å². The zero-order valence-corrected chi connectivity index (χ0v) is 7.95. The smallest absolute Gasteiger partial charge is 0.327 e. The molecular formula is C8H12NO3P. The Morgan fingerprint density at radius 2 is 1.85 bits per heavy atom. The van der Waals surface area contributed by atoms with Crippen LogP contribution < -0.4 is 5.32 Å². The van der Waals surface area contributed by atoms with Crippen LogP contribution in [0.2, 0.25) is 0 Å². The van der Waals surface area contributed by atoms with Gasteiger partial charge in [0.2, 0.25) is 0 Å². The minimum absolute atomic E-state index is 0.137. The first-order valence-corrected chi connectivity index (χ1v) is 5.71. The van der Waals surface area contributed by atoms with Crippen LogP contribution in [-0.4, -0.2) is 22.5 Å². The Labute approximate surface area is 76.8 Å². The van der Waals surface area contributed by atoms with Crippen LogP contribution in [0.4, 0.5) is 5.69 Å².